The van der Waals surface area contributed by atoms with E-state index in [-0.39, 0.29) is 10.8 Å². The summed E-state index contributed by atoms with van der Waals surface area (Å²) in [5, 5.41) is 1.54. The van der Waals surface area contributed by atoms with Crippen LogP contribution in [0.25, 0.3) is 0 Å². The van der Waals surface area contributed by atoms with Crippen molar-refractivity contribution in [1.29, 1.82) is 0 Å². The molecule has 0 aliphatic heterocycles. The van der Waals surface area contributed by atoms with Gasteiger partial charge in [-0.25, -0.2) is 0 Å². The number of carbonyl (C=O) groups excluding carboxylic acids is 1. The predicted octanol–water partition coefficient (Wildman–Crippen LogP) is 4.88. The van der Waals surface area contributed by atoms with Gasteiger partial charge in [0.25, 0.3) is 0 Å². The number of rotatable bonds is 2. The second-order valence-corrected chi connectivity index (χ2v) is 7.79. The molecule has 0 radical (unpaired) electrons. The molecule has 2 aliphatic carbocycles. The maximum Gasteiger partial charge on any atom is 0.160 e. The molecule has 0 heterocycles. The summed E-state index contributed by atoms with van der Waals surface area (Å²) in [7, 11) is 0. The van der Waals surface area contributed by atoms with Gasteiger partial charge in [0.05, 0.1) is 0 Å². The van der Waals surface area contributed by atoms with Crippen LogP contribution >= 0.6 is 31.9 Å². The topological polar surface area (TPSA) is 17.1 Å². The molecule has 2 aliphatic rings. The molecule has 0 aromatic heterocycles. The van der Waals surface area contributed by atoms with Crippen LogP contribution in [0.15, 0.2) is 11.1 Å². The maximum atomic E-state index is 12.4. The number of ketones is 1. The number of hydrogen-bond acceptors (Lipinski definition) is 1. The molecule has 0 aromatic carbocycles. The maximum absolute atomic E-state index is 12.4. The first-order valence-corrected chi connectivity index (χ1v) is 8.98. The van der Waals surface area contributed by atoms with Crippen LogP contribution in [0.4, 0.5) is 0 Å². The minimum absolute atomic E-state index is 0.211. The van der Waals surface area contributed by atoms with E-state index < -0.39 is 0 Å². The molecule has 2 rings (SSSR count). The minimum Gasteiger partial charge on any atom is -0.295 e. The van der Waals surface area contributed by atoms with Gasteiger partial charge in [-0.1, -0.05) is 59.1 Å². The first kappa shape index (κ1) is 14.8. The minimum atomic E-state index is 0.211. The summed E-state index contributed by atoms with van der Waals surface area (Å²) in [5.41, 5.74) is 2.88. The SMILES string of the molecule is CC1(C)CCC[C@]2(C)C(CBr)=C(CBr)C(=O)C[C@@H]12. The van der Waals surface area contributed by atoms with Crippen LogP contribution in [-0.2, 0) is 4.79 Å². The van der Waals surface area contributed by atoms with E-state index in [0.717, 1.165) is 17.3 Å². The van der Waals surface area contributed by atoms with Crippen molar-refractivity contribution in [2.45, 2.75) is 46.5 Å². The highest BCUT2D eigenvalue weighted by Crippen LogP contribution is 2.59. The molecule has 1 nitrogen and oxygen atoms in total. The van der Waals surface area contributed by atoms with Gasteiger partial charge in [0.1, 0.15) is 0 Å². The Balaban J connectivity index is 2.54. The molecule has 3 heteroatoms. The third-order valence-electron chi connectivity index (χ3n) is 5.28. The molecule has 0 unspecified atom stereocenters. The molecule has 1 saturated carbocycles. The quantitative estimate of drug-likeness (QED) is 0.627. The Morgan fingerprint density at radius 2 is 1.83 bits per heavy atom. The zero-order valence-corrected chi connectivity index (χ0v) is 14.7. The first-order chi connectivity index (χ1) is 8.36. The number of halogens is 2. The van der Waals surface area contributed by atoms with Crippen LogP contribution in [0.5, 0.6) is 0 Å². The number of Topliss-reactive ketones (excluding diaryl/α,β-unsaturated/α-hetero) is 1. The van der Waals surface area contributed by atoms with Crippen LogP contribution in [0.1, 0.15) is 46.5 Å². The van der Waals surface area contributed by atoms with E-state index in [1.54, 1.807) is 0 Å². The standard InChI is InChI=1S/C15H22Br2O/c1-14(2)5-4-6-15(3)11(9-17)10(8-16)12(18)7-13(14)15/h13H,4-9H2,1-3H3/t13-,15+/m0/s1. The predicted molar refractivity (Wildman–Crippen MR) is 83.5 cm³/mol. The van der Waals surface area contributed by atoms with Gasteiger partial charge in [-0.2, -0.15) is 0 Å². The molecule has 1 fully saturated rings. The number of fused-ring (bicyclic) bond motifs is 1. The van der Waals surface area contributed by atoms with Gasteiger partial charge in [-0.15, -0.1) is 0 Å². The molecule has 102 valence electrons. The highest BCUT2D eigenvalue weighted by molar-refractivity contribution is 9.09. The van der Waals surface area contributed by atoms with Crippen molar-refractivity contribution < 1.29 is 4.79 Å². The van der Waals surface area contributed by atoms with Crippen LogP contribution < -0.4 is 0 Å². The second-order valence-electron chi connectivity index (χ2n) is 6.66. The number of carbonyl (C=O) groups is 1. The zero-order chi connectivity index (χ0) is 13.6. The molecule has 0 bridgehead atoms. The van der Waals surface area contributed by atoms with E-state index in [1.807, 2.05) is 0 Å². The second kappa shape index (κ2) is 5.05. The lowest BCUT2D eigenvalue weighted by atomic mass is 9.50. The highest BCUT2D eigenvalue weighted by atomic mass is 79.9. The van der Waals surface area contributed by atoms with E-state index in [1.165, 1.54) is 24.8 Å². The fourth-order valence-corrected chi connectivity index (χ4v) is 5.82. The molecule has 0 amide bonds. The van der Waals surface area contributed by atoms with E-state index in [4.69, 9.17) is 0 Å². The fourth-order valence-electron chi connectivity index (χ4n) is 4.19. The molecule has 0 aromatic rings. The van der Waals surface area contributed by atoms with Gasteiger partial charge in [0.2, 0.25) is 0 Å². The molecule has 2 atom stereocenters. The Morgan fingerprint density at radius 1 is 1.17 bits per heavy atom. The summed E-state index contributed by atoms with van der Waals surface area (Å²) in [6.45, 7) is 7.06. The van der Waals surface area contributed by atoms with E-state index in [0.29, 0.717) is 17.0 Å². The third kappa shape index (κ3) is 2.15. The van der Waals surface area contributed by atoms with Gasteiger partial charge in [0, 0.05) is 22.7 Å². The van der Waals surface area contributed by atoms with E-state index >= 15 is 0 Å². The van der Waals surface area contributed by atoms with Gasteiger partial charge < -0.3 is 0 Å². The summed E-state index contributed by atoms with van der Waals surface area (Å²) >= 11 is 7.13. The molecule has 0 N–H and O–H groups in total. The summed E-state index contributed by atoms with van der Waals surface area (Å²) in [6, 6.07) is 0. The third-order valence-corrected chi connectivity index (χ3v) is 6.40. The van der Waals surface area contributed by atoms with Gasteiger partial charge in [-0.05, 0) is 35.2 Å². The molecule has 18 heavy (non-hydrogen) atoms. The number of allylic oxidation sites excluding steroid dienone is 2. The van der Waals surface area contributed by atoms with Crippen molar-refractivity contribution in [3.05, 3.63) is 11.1 Å². The van der Waals surface area contributed by atoms with Crippen molar-refractivity contribution in [3.63, 3.8) is 0 Å². The van der Waals surface area contributed by atoms with Gasteiger partial charge in [0.15, 0.2) is 5.78 Å². The smallest absolute Gasteiger partial charge is 0.160 e. The molecule has 0 spiro atoms. The Hall–Kier alpha value is 0.370. The van der Waals surface area contributed by atoms with Crippen molar-refractivity contribution in [3.8, 4) is 0 Å². The van der Waals surface area contributed by atoms with E-state index in [2.05, 4.69) is 52.6 Å². The Labute approximate surface area is 127 Å². The number of hydrogen-bond donors (Lipinski definition) is 0. The van der Waals surface area contributed by atoms with Crippen LogP contribution in [-0.4, -0.2) is 16.4 Å². The van der Waals surface area contributed by atoms with Gasteiger partial charge in [-0.3, -0.25) is 4.79 Å². The average Bonchev–Trinajstić information content (AvgIpc) is 2.29. The fraction of sp³-hybridized carbons (Fsp3) is 0.800. The van der Waals surface area contributed by atoms with Crippen LogP contribution in [0, 0.1) is 16.7 Å². The summed E-state index contributed by atoms with van der Waals surface area (Å²) in [4.78, 5) is 12.4. The Morgan fingerprint density at radius 3 is 2.39 bits per heavy atom. The lowest BCUT2D eigenvalue weighted by Gasteiger charge is -2.54. The summed E-state index contributed by atoms with van der Waals surface area (Å²) < 4.78 is 0. The largest absolute Gasteiger partial charge is 0.295 e. The Kier molecular flexibility index (Phi) is 4.14. The van der Waals surface area contributed by atoms with Gasteiger partial charge >= 0.3 is 0 Å². The van der Waals surface area contributed by atoms with Crippen molar-refractivity contribution >= 4 is 37.6 Å². The van der Waals surface area contributed by atoms with Crippen molar-refractivity contribution in [1.82, 2.24) is 0 Å². The lowest BCUT2D eigenvalue weighted by molar-refractivity contribution is -0.121. The van der Waals surface area contributed by atoms with Crippen LogP contribution in [0.2, 0.25) is 0 Å². The summed E-state index contributed by atoms with van der Waals surface area (Å²) in [6.07, 6.45) is 4.49. The first-order valence-electron chi connectivity index (χ1n) is 6.74. The molecular formula is C15H22Br2O. The highest BCUT2D eigenvalue weighted by Gasteiger charge is 2.52. The number of alkyl halides is 2. The average molecular weight is 378 g/mol. The zero-order valence-electron chi connectivity index (χ0n) is 11.5. The van der Waals surface area contributed by atoms with E-state index in [9.17, 15) is 4.79 Å². The summed E-state index contributed by atoms with van der Waals surface area (Å²) in [5.74, 6) is 0.861. The normalized spacial score (nSPS) is 35.6. The lowest BCUT2D eigenvalue weighted by Crippen LogP contribution is -2.48. The van der Waals surface area contributed by atoms with Crippen molar-refractivity contribution in [2.24, 2.45) is 16.7 Å². The molecule has 0 saturated heterocycles. The molecular weight excluding hydrogens is 356 g/mol. The monoisotopic (exact) mass is 376 g/mol. The Bertz CT molecular complexity index is 397. The van der Waals surface area contributed by atoms with Crippen LogP contribution in [0.3, 0.4) is 0 Å². The van der Waals surface area contributed by atoms with Crippen molar-refractivity contribution in [2.75, 3.05) is 10.7 Å².